The van der Waals surface area contributed by atoms with Crippen LogP contribution in [0.2, 0.25) is 0 Å². The molecule has 0 aromatic heterocycles. The zero-order chi connectivity index (χ0) is 13.5. The van der Waals surface area contributed by atoms with Gasteiger partial charge in [-0.25, -0.2) is 0 Å². The smallest absolute Gasteiger partial charge is 0.0885 e. The third-order valence-corrected chi connectivity index (χ3v) is 3.30. The number of hydrogen-bond donors (Lipinski definition) is 1. The Morgan fingerprint density at radius 2 is 2.00 bits per heavy atom. The Hall–Kier alpha value is -1.80. The first kappa shape index (κ1) is 13.6. The Bertz CT molecular complexity index is 530. The van der Waals surface area contributed by atoms with Crippen LogP contribution in [0.25, 0.3) is 10.8 Å². The minimum Gasteiger partial charge on any atom is -0.502 e. The average Bonchev–Trinajstić information content (AvgIpc) is 2.46. The molecule has 1 N–H and O–H groups in total. The molecule has 0 saturated carbocycles. The Morgan fingerprint density at radius 1 is 1.21 bits per heavy atom. The zero-order valence-electron chi connectivity index (χ0n) is 11.4. The first-order valence-corrected chi connectivity index (χ1v) is 6.76. The van der Waals surface area contributed by atoms with E-state index in [0.29, 0.717) is 6.04 Å². The fourth-order valence-corrected chi connectivity index (χ4v) is 2.30. The van der Waals surface area contributed by atoms with E-state index in [1.54, 1.807) is 0 Å². The summed E-state index contributed by atoms with van der Waals surface area (Å²) < 4.78 is 5.12. The zero-order valence-corrected chi connectivity index (χ0v) is 11.4. The summed E-state index contributed by atoms with van der Waals surface area (Å²) in [6.45, 7) is 7.40. The topological polar surface area (TPSA) is 21.3 Å². The lowest BCUT2D eigenvalue weighted by Crippen LogP contribution is -2.21. The highest BCUT2D eigenvalue weighted by molar-refractivity contribution is 5.86. The molecule has 0 spiro atoms. The van der Waals surface area contributed by atoms with Gasteiger partial charge in [-0.05, 0) is 36.2 Å². The number of hydrogen-bond acceptors (Lipinski definition) is 2. The SMILES string of the molecule is C=COCCCNC(C)c1cccc2ccccc12. The molecule has 2 nitrogen and oxygen atoms in total. The van der Waals surface area contributed by atoms with Crippen molar-refractivity contribution < 1.29 is 4.74 Å². The summed E-state index contributed by atoms with van der Waals surface area (Å²) in [5.41, 5.74) is 1.35. The van der Waals surface area contributed by atoms with Crippen molar-refractivity contribution >= 4 is 10.8 Å². The summed E-state index contributed by atoms with van der Waals surface area (Å²) in [6.07, 6.45) is 2.48. The van der Waals surface area contributed by atoms with Crippen molar-refractivity contribution in [3.63, 3.8) is 0 Å². The molecule has 2 aromatic carbocycles. The van der Waals surface area contributed by atoms with Crippen molar-refractivity contribution in [2.45, 2.75) is 19.4 Å². The fourth-order valence-electron chi connectivity index (χ4n) is 2.30. The van der Waals surface area contributed by atoms with Crippen molar-refractivity contribution in [1.29, 1.82) is 0 Å². The summed E-state index contributed by atoms with van der Waals surface area (Å²) in [6, 6.07) is 15.3. The minimum absolute atomic E-state index is 0.342. The molecule has 1 atom stereocenters. The van der Waals surface area contributed by atoms with Gasteiger partial charge >= 0.3 is 0 Å². The molecule has 2 aromatic rings. The molecule has 2 rings (SSSR count). The highest BCUT2D eigenvalue weighted by Gasteiger charge is 2.07. The van der Waals surface area contributed by atoms with E-state index in [9.17, 15) is 0 Å². The quantitative estimate of drug-likeness (QED) is 0.595. The van der Waals surface area contributed by atoms with Crippen LogP contribution >= 0.6 is 0 Å². The van der Waals surface area contributed by atoms with Crippen molar-refractivity contribution in [3.05, 3.63) is 60.9 Å². The normalized spacial score (nSPS) is 12.3. The van der Waals surface area contributed by atoms with E-state index >= 15 is 0 Å². The summed E-state index contributed by atoms with van der Waals surface area (Å²) in [4.78, 5) is 0. The van der Waals surface area contributed by atoms with Crippen LogP contribution in [-0.4, -0.2) is 13.2 Å². The van der Waals surface area contributed by atoms with E-state index in [1.165, 1.54) is 22.6 Å². The van der Waals surface area contributed by atoms with E-state index in [1.807, 2.05) is 0 Å². The number of fused-ring (bicyclic) bond motifs is 1. The van der Waals surface area contributed by atoms with Crippen LogP contribution in [0.4, 0.5) is 0 Å². The van der Waals surface area contributed by atoms with Gasteiger partial charge in [-0.3, -0.25) is 0 Å². The molecule has 0 amide bonds. The van der Waals surface area contributed by atoms with Crippen molar-refractivity contribution in [3.8, 4) is 0 Å². The molecule has 0 fully saturated rings. The van der Waals surface area contributed by atoms with Gasteiger partial charge in [0.2, 0.25) is 0 Å². The van der Waals surface area contributed by atoms with Crippen LogP contribution in [-0.2, 0) is 4.74 Å². The minimum atomic E-state index is 0.342. The number of rotatable bonds is 7. The van der Waals surface area contributed by atoms with Crippen LogP contribution in [0.15, 0.2) is 55.3 Å². The molecular weight excluding hydrogens is 234 g/mol. The monoisotopic (exact) mass is 255 g/mol. The standard InChI is InChI=1S/C17H21NO/c1-3-19-13-7-12-18-14(2)16-11-6-9-15-8-4-5-10-17(15)16/h3-6,8-11,14,18H,1,7,12-13H2,2H3. The molecule has 1 unspecified atom stereocenters. The Morgan fingerprint density at radius 3 is 2.84 bits per heavy atom. The lowest BCUT2D eigenvalue weighted by atomic mass is 10.00. The molecule has 0 aliphatic heterocycles. The summed E-state index contributed by atoms with van der Waals surface area (Å²) in [5, 5.41) is 6.16. The second-order valence-electron chi connectivity index (χ2n) is 4.64. The van der Waals surface area contributed by atoms with E-state index < -0.39 is 0 Å². The predicted molar refractivity (Wildman–Crippen MR) is 81.1 cm³/mol. The van der Waals surface area contributed by atoms with Gasteiger partial charge in [0.05, 0.1) is 12.9 Å². The molecule has 0 aliphatic rings. The largest absolute Gasteiger partial charge is 0.502 e. The first-order chi connectivity index (χ1) is 9.33. The van der Waals surface area contributed by atoms with E-state index in [2.05, 4.69) is 61.3 Å². The lowest BCUT2D eigenvalue weighted by molar-refractivity contribution is 0.243. The predicted octanol–water partition coefficient (Wildman–Crippen LogP) is 4.04. The molecule has 0 radical (unpaired) electrons. The van der Waals surface area contributed by atoms with Gasteiger partial charge in [-0.15, -0.1) is 0 Å². The van der Waals surface area contributed by atoms with Crippen molar-refractivity contribution in [1.82, 2.24) is 5.32 Å². The average molecular weight is 255 g/mol. The summed E-state index contributed by atoms with van der Waals surface area (Å²) in [5.74, 6) is 0. The Kier molecular flexibility index (Phi) is 4.99. The third kappa shape index (κ3) is 3.58. The fraction of sp³-hybridized carbons (Fsp3) is 0.294. The van der Waals surface area contributed by atoms with Gasteiger partial charge in [0.25, 0.3) is 0 Å². The molecule has 0 bridgehead atoms. The van der Waals surface area contributed by atoms with Crippen LogP contribution in [0.3, 0.4) is 0 Å². The van der Waals surface area contributed by atoms with E-state index in [-0.39, 0.29) is 0 Å². The lowest BCUT2D eigenvalue weighted by Gasteiger charge is -2.16. The third-order valence-electron chi connectivity index (χ3n) is 3.30. The molecule has 100 valence electrons. The van der Waals surface area contributed by atoms with Gasteiger partial charge in [0.1, 0.15) is 0 Å². The summed E-state index contributed by atoms with van der Waals surface area (Å²) in [7, 11) is 0. The first-order valence-electron chi connectivity index (χ1n) is 6.76. The van der Waals surface area contributed by atoms with Crippen LogP contribution in [0.1, 0.15) is 24.9 Å². The maximum absolute atomic E-state index is 5.12. The van der Waals surface area contributed by atoms with Gasteiger partial charge in [0.15, 0.2) is 0 Å². The molecule has 0 saturated heterocycles. The number of nitrogens with one attached hydrogen (secondary N) is 1. The molecular formula is C17H21NO. The molecule has 0 aliphatic carbocycles. The van der Waals surface area contributed by atoms with Gasteiger partial charge in [-0.1, -0.05) is 49.0 Å². The second-order valence-corrected chi connectivity index (χ2v) is 4.64. The van der Waals surface area contributed by atoms with Gasteiger partial charge in [0, 0.05) is 6.04 Å². The van der Waals surface area contributed by atoms with Crippen LogP contribution < -0.4 is 5.32 Å². The highest BCUT2D eigenvalue weighted by Crippen LogP contribution is 2.23. The summed E-state index contributed by atoms with van der Waals surface area (Å²) >= 11 is 0. The Labute approximate surface area is 115 Å². The molecule has 0 heterocycles. The maximum Gasteiger partial charge on any atom is 0.0885 e. The van der Waals surface area contributed by atoms with Crippen LogP contribution in [0, 0.1) is 0 Å². The number of ether oxygens (including phenoxy) is 1. The molecule has 19 heavy (non-hydrogen) atoms. The van der Waals surface area contributed by atoms with Gasteiger partial charge in [-0.2, -0.15) is 0 Å². The number of benzene rings is 2. The van der Waals surface area contributed by atoms with Crippen LogP contribution in [0.5, 0.6) is 0 Å². The van der Waals surface area contributed by atoms with E-state index in [4.69, 9.17) is 4.74 Å². The van der Waals surface area contributed by atoms with Gasteiger partial charge < -0.3 is 10.1 Å². The van der Waals surface area contributed by atoms with Crippen molar-refractivity contribution in [2.24, 2.45) is 0 Å². The van der Waals surface area contributed by atoms with Crippen molar-refractivity contribution in [2.75, 3.05) is 13.2 Å². The Balaban J connectivity index is 2.01. The van der Waals surface area contributed by atoms with E-state index in [0.717, 1.165) is 19.6 Å². The maximum atomic E-state index is 5.12. The highest BCUT2D eigenvalue weighted by atomic mass is 16.5. The second kappa shape index (κ2) is 6.95. The molecule has 2 heteroatoms.